The van der Waals surface area contributed by atoms with Gasteiger partial charge in [0.1, 0.15) is 6.04 Å². The lowest BCUT2D eigenvalue weighted by Gasteiger charge is -2.21. The number of rotatable bonds is 6. The van der Waals surface area contributed by atoms with E-state index in [1.165, 1.54) is 6.92 Å². The molecule has 16 heavy (non-hydrogen) atoms. The summed E-state index contributed by atoms with van der Waals surface area (Å²) in [5, 5.41) is 14.3. The highest BCUT2D eigenvalue weighted by molar-refractivity contribution is 5.86. The predicted octanol–water partition coefficient (Wildman–Crippen LogP) is 0.0342. The first-order chi connectivity index (χ1) is 7.36. The van der Waals surface area contributed by atoms with Crippen LogP contribution in [0, 0.1) is 5.92 Å². The quantitative estimate of drug-likeness (QED) is 0.602. The molecule has 0 aromatic rings. The molecule has 0 radical (unpaired) electrons. The largest absolute Gasteiger partial charge is 0.394 e. The van der Waals surface area contributed by atoms with Gasteiger partial charge in [0.15, 0.2) is 0 Å². The molecule has 2 unspecified atom stereocenters. The molecule has 0 heterocycles. The molecule has 0 aliphatic heterocycles. The van der Waals surface area contributed by atoms with Crippen LogP contribution in [-0.2, 0) is 9.59 Å². The molecule has 5 heteroatoms. The van der Waals surface area contributed by atoms with Crippen LogP contribution < -0.4 is 10.6 Å². The van der Waals surface area contributed by atoms with Crippen LogP contribution in [0.4, 0.5) is 0 Å². The van der Waals surface area contributed by atoms with Crippen LogP contribution in [0.3, 0.4) is 0 Å². The highest BCUT2D eigenvalue weighted by atomic mass is 16.3. The van der Waals surface area contributed by atoms with E-state index in [9.17, 15) is 9.59 Å². The lowest BCUT2D eigenvalue weighted by Crippen LogP contribution is -2.48. The second kappa shape index (κ2) is 7.22. The van der Waals surface area contributed by atoms with Gasteiger partial charge in [-0.05, 0) is 19.3 Å². The second-order valence-electron chi connectivity index (χ2n) is 4.44. The smallest absolute Gasteiger partial charge is 0.242 e. The Hall–Kier alpha value is -1.10. The van der Waals surface area contributed by atoms with E-state index < -0.39 is 6.04 Å². The first-order valence-electron chi connectivity index (χ1n) is 5.55. The molecule has 0 bridgehead atoms. The van der Waals surface area contributed by atoms with Gasteiger partial charge in [0.2, 0.25) is 11.8 Å². The van der Waals surface area contributed by atoms with E-state index in [0.29, 0.717) is 5.92 Å². The van der Waals surface area contributed by atoms with E-state index in [4.69, 9.17) is 5.11 Å². The van der Waals surface area contributed by atoms with Gasteiger partial charge in [-0.2, -0.15) is 0 Å². The van der Waals surface area contributed by atoms with Crippen LogP contribution in [-0.4, -0.2) is 35.6 Å². The summed E-state index contributed by atoms with van der Waals surface area (Å²) in [7, 11) is 0. The Kier molecular flexibility index (Phi) is 6.72. The molecule has 0 aliphatic carbocycles. The molecule has 0 fully saturated rings. The molecule has 0 spiro atoms. The lowest BCUT2D eigenvalue weighted by atomic mass is 10.0. The minimum absolute atomic E-state index is 0.0866. The number of hydrogen-bond donors (Lipinski definition) is 3. The highest BCUT2D eigenvalue weighted by Gasteiger charge is 2.18. The van der Waals surface area contributed by atoms with Gasteiger partial charge in [0.05, 0.1) is 12.6 Å². The molecule has 2 atom stereocenters. The molecule has 2 amide bonds. The summed E-state index contributed by atoms with van der Waals surface area (Å²) in [4.78, 5) is 22.3. The van der Waals surface area contributed by atoms with Crippen LogP contribution in [0.1, 0.15) is 34.1 Å². The minimum atomic E-state index is -0.571. The predicted molar refractivity (Wildman–Crippen MR) is 61.8 cm³/mol. The van der Waals surface area contributed by atoms with Crippen LogP contribution in [0.15, 0.2) is 0 Å². The number of amides is 2. The van der Waals surface area contributed by atoms with E-state index in [2.05, 4.69) is 10.6 Å². The number of aliphatic hydroxyl groups excluding tert-OH is 1. The van der Waals surface area contributed by atoms with Crippen molar-refractivity contribution in [3.63, 3.8) is 0 Å². The van der Waals surface area contributed by atoms with Crippen molar-refractivity contribution in [2.75, 3.05) is 6.61 Å². The third kappa shape index (κ3) is 6.40. The van der Waals surface area contributed by atoms with Gasteiger partial charge in [-0.15, -0.1) is 0 Å². The summed E-state index contributed by atoms with van der Waals surface area (Å²) in [5.74, 6) is -0.115. The van der Waals surface area contributed by atoms with E-state index in [1.807, 2.05) is 13.8 Å². The normalized spacial score (nSPS) is 14.4. The highest BCUT2D eigenvalue weighted by Crippen LogP contribution is 2.04. The lowest BCUT2D eigenvalue weighted by molar-refractivity contribution is -0.128. The molecule has 0 aliphatic rings. The maximum atomic E-state index is 11.6. The fourth-order valence-electron chi connectivity index (χ4n) is 1.44. The Morgan fingerprint density at radius 1 is 1.19 bits per heavy atom. The van der Waals surface area contributed by atoms with Gasteiger partial charge in [-0.25, -0.2) is 0 Å². The fourth-order valence-corrected chi connectivity index (χ4v) is 1.44. The van der Waals surface area contributed by atoms with Crippen LogP contribution >= 0.6 is 0 Å². The van der Waals surface area contributed by atoms with Crippen LogP contribution in [0.5, 0.6) is 0 Å². The topological polar surface area (TPSA) is 78.4 Å². The van der Waals surface area contributed by atoms with Gasteiger partial charge in [0.25, 0.3) is 0 Å². The number of aliphatic hydroxyl groups is 1. The van der Waals surface area contributed by atoms with Gasteiger partial charge >= 0.3 is 0 Å². The maximum Gasteiger partial charge on any atom is 0.242 e. The summed E-state index contributed by atoms with van der Waals surface area (Å²) in [6, 6.07) is -0.817. The molecule has 0 saturated heterocycles. The first-order valence-corrected chi connectivity index (χ1v) is 5.55. The van der Waals surface area contributed by atoms with Crippen molar-refractivity contribution < 1.29 is 14.7 Å². The molecule has 0 aromatic carbocycles. The molecule has 0 rings (SSSR count). The third-order valence-corrected chi connectivity index (χ3v) is 2.14. The monoisotopic (exact) mass is 230 g/mol. The van der Waals surface area contributed by atoms with E-state index in [0.717, 1.165) is 6.42 Å². The van der Waals surface area contributed by atoms with Crippen LogP contribution in [0.2, 0.25) is 0 Å². The van der Waals surface area contributed by atoms with Gasteiger partial charge in [-0.1, -0.05) is 13.8 Å². The molecule has 0 aromatic heterocycles. The van der Waals surface area contributed by atoms with Crippen molar-refractivity contribution in [2.24, 2.45) is 5.92 Å². The summed E-state index contributed by atoms with van der Waals surface area (Å²) in [6.07, 6.45) is 0.717. The van der Waals surface area contributed by atoms with Gasteiger partial charge in [0, 0.05) is 6.92 Å². The van der Waals surface area contributed by atoms with Gasteiger partial charge < -0.3 is 15.7 Å². The second-order valence-corrected chi connectivity index (χ2v) is 4.44. The molecule has 3 N–H and O–H groups in total. The Bertz CT molecular complexity index is 241. The Morgan fingerprint density at radius 2 is 1.75 bits per heavy atom. The van der Waals surface area contributed by atoms with Crippen molar-refractivity contribution in [3.05, 3.63) is 0 Å². The van der Waals surface area contributed by atoms with E-state index >= 15 is 0 Å². The van der Waals surface area contributed by atoms with E-state index in [1.54, 1.807) is 6.92 Å². The Balaban J connectivity index is 4.13. The number of carbonyl (C=O) groups excluding carboxylic acids is 2. The fraction of sp³-hybridized carbons (Fsp3) is 0.818. The standard InChI is InChI=1S/C11H22N2O3/c1-7(2)5-10(6-14)13-11(16)8(3)12-9(4)15/h7-8,10,14H,5-6H2,1-4H3,(H,12,15)(H,13,16). The molecular formula is C11H22N2O3. The average Bonchev–Trinajstić information content (AvgIpc) is 2.14. The van der Waals surface area contributed by atoms with Crippen LogP contribution in [0.25, 0.3) is 0 Å². The van der Waals surface area contributed by atoms with Crippen molar-refractivity contribution in [1.82, 2.24) is 10.6 Å². The third-order valence-electron chi connectivity index (χ3n) is 2.14. The van der Waals surface area contributed by atoms with E-state index in [-0.39, 0.29) is 24.5 Å². The first kappa shape index (κ1) is 14.9. The molecule has 94 valence electrons. The van der Waals surface area contributed by atoms with Crippen molar-refractivity contribution in [1.29, 1.82) is 0 Å². The summed E-state index contributed by atoms with van der Waals surface area (Å²) in [5.41, 5.74) is 0. The zero-order valence-electron chi connectivity index (χ0n) is 10.4. The zero-order valence-corrected chi connectivity index (χ0v) is 10.4. The number of hydrogen-bond acceptors (Lipinski definition) is 3. The molecular weight excluding hydrogens is 208 g/mol. The van der Waals surface area contributed by atoms with Gasteiger partial charge in [-0.3, -0.25) is 9.59 Å². The Morgan fingerprint density at radius 3 is 2.12 bits per heavy atom. The number of nitrogens with one attached hydrogen (secondary N) is 2. The number of carbonyl (C=O) groups is 2. The Labute approximate surface area is 96.6 Å². The van der Waals surface area contributed by atoms with Crippen molar-refractivity contribution in [2.45, 2.75) is 46.2 Å². The summed E-state index contributed by atoms with van der Waals surface area (Å²) < 4.78 is 0. The molecule has 5 nitrogen and oxygen atoms in total. The molecule has 0 saturated carbocycles. The minimum Gasteiger partial charge on any atom is -0.394 e. The van der Waals surface area contributed by atoms with Crippen molar-refractivity contribution >= 4 is 11.8 Å². The SMILES string of the molecule is CC(=O)NC(C)C(=O)NC(CO)CC(C)C. The summed E-state index contributed by atoms with van der Waals surface area (Å²) in [6.45, 7) is 6.93. The average molecular weight is 230 g/mol. The maximum absolute atomic E-state index is 11.6. The zero-order chi connectivity index (χ0) is 12.7. The van der Waals surface area contributed by atoms with Crippen molar-refractivity contribution in [3.8, 4) is 0 Å². The summed E-state index contributed by atoms with van der Waals surface area (Å²) >= 11 is 0.